The molecule has 2 heterocycles. The molecule has 32 heavy (non-hydrogen) atoms. The van der Waals surface area contributed by atoms with Crippen molar-refractivity contribution in [3.05, 3.63) is 94.2 Å². The van der Waals surface area contributed by atoms with Gasteiger partial charge in [0.1, 0.15) is 23.1 Å². The maximum atomic E-state index is 14.0. The smallest absolute Gasteiger partial charge is 0.296 e. The Morgan fingerprint density at radius 1 is 1.19 bits per heavy atom. The van der Waals surface area contributed by atoms with Gasteiger partial charge in [0.15, 0.2) is 0 Å². The van der Waals surface area contributed by atoms with E-state index in [1.165, 1.54) is 41.5 Å². The van der Waals surface area contributed by atoms with Crippen molar-refractivity contribution in [1.29, 1.82) is 0 Å². The lowest BCUT2D eigenvalue weighted by Gasteiger charge is -2.24. The first-order valence-corrected chi connectivity index (χ1v) is 10.3. The number of carbonyl (C=O) groups is 2. The summed E-state index contributed by atoms with van der Waals surface area (Å²) < 4.78 is 24.8. The number of nitrogens with zero attached hydrogens (tertiary/aromatic N) is 1. The first-order chi connectivity index (χ1) is 15.4. The maximum absolute atomic E-state index is 14.0. The molecule has 0 saturated carbocycles. The molecule has 1 aromatic heterocycles. The number of rotatable bonds is 6. The fourth-order valence-electron chi connectivity index (χ4n) is 3.71. The number of aliphatic hydroxyl groups excluding tert-OH is 1. The number of amides is 1. The molecule has 4 rings (SSSR count). The lowest BCUT2D eigenvalue weighted by Crippen LogP contribution is -2.29. The Kier molecular flexibility index (Phi) is 6.01. The van der Waals surface area contributed by atoms with Gasteiger partial charge in [-0.25, -0.2) is 4.39 Å². The van der Waals surface area contributed by atoms with Crippen molar-refractivity contribution < 1.29 is 28.2 Å². The average molecular weight is 456 g/mol. The largest absolute Gasteiger partial charge is 0.507 e. The van der Waals surface area contributed by atoms with Crippen molar-refractivity contribution in [3.8, 4) is 5.75 Å². The van der Waals surface area contributed by atoms with Crippen LogP contribution in [0.1, 0.15) is 29.9 Å². The van der Waals surface area contributed by atoms with Crippen LogP contribution >= 0.6 is 11.6 Å². The molecule has 1 saturated heterocycles. The molecule has 2 aromatic carbocycles. The minimum absolute atomic E-state index is 0.0282. The van der Waals surface area contributed by atoms with E-state index in [0.29, 0.717) is 23.7 Å². The van der Waals surface area contributed by atoms with Gasteiger partial charge in [-0.15, -0.1) is 0 Å². The molecule has 0 aliphatic carbocycles. The normalized spacial score (nSPS) is 17.7. The molecule has 1 amide bonds. The number of hydrogen-bond acceptors (Lipinski definition) is 5. The summed E-state index contributed by atoms with van der Waals surface area (Å²) >= 11 is 6.24. The van der Waals surface area contributed by atoms with Crippen LogP contribution < -0.4 is 4.74 Å². The van der Waals surface area contributed by atoms with E-state index in [4.69, 9.17) is 20.8 Å². The van der Waals surface area contributed by atoms with Crippen LogP contribution in [0.5, 0.6) is 5.75 Å². The minimum atomic E-state index is -1.01. The van der Waals surface area contributed by atoms with Crippen LogP contribution in [0.3, 0.4) is 0 Å². The van der Waals surface area contributed by atoms with Gasteiger partial charge in [0.05, 0.1) is 36.1 Å². The second kappa shape index (κ2) is 8.88. The van der Waals surface area contributed by atoms with Crippen LogP contribution in [0, 0.1) is 5.82 Å². The molecular formula is C24H19ClFNO5. The minimum Gasteiger partial charge on any atom is -0.507 e. The van der Waals surface area contributed by atoms with Gasteiger partial charge in [-0.1, -0.05) is 23.7 Å². The highest BCUT2D eigenvalue weighted by atomic mass is 35.5. The number of carbonyl (C=O) groups excluding carboxylic acids is 2. The zero-order valence-corrected chi connectivity index (χ0v) is 17.8. The summed E-state index contributed by atoms with van der Waals surface area (Å²) in [5.41, 5.74) is 0.414. The molecule has 0 bridgehead atoms. The fraction of sp³-hybridized carbons (Fsp3) is 0.167. The standard InChI is InChI=1S/C24H19ClFNO5/c1-2-31-19-9-8-15(12-18(19)25)22(28)20-21(14-5-3-6-16(26)11-14)27(24(30)23(20)29)13-17-7-4-10-32-17/h3-12,21,28H,2,13H2,1H3/b22-20-. The summed E-state index contributed by atoms with van der Waals surface area (Å²) in [6.45, 7) is 2.19. The van der Waals surface area contributed by atoms with E-state index in [-0.39, 0.29) is 22.7 Å². The Hall–Kier alpha value is -3.58. The van der Waals surface area contributed by atoms with Gasteiger partial charge in [-0.05, 0) is 55.0 Å². The molecule has 1 aliphatic heterocycles. The van der Waals surface area contributed by atoms with Crippen molar-refractivity contribution in [2.75, 3.05) is 6.61 Å². The van der Waals surface area contributed by atoms with Crippen molar-refractivity contribution in [3.63, 3.8) is 0 Å². The average Bonchev–Trinajstić information content (AvgIpc) is 3.37. The van der Waals surface area contributed by atoms with Crippen LogP contribution in [0.15, 0.2) is 70.9 Å². The maximum Gasteiger partial charge on any atom is 0.296 e. The Morgan fingerprint density at radius 3 is 2.66 bits per heavy atom. The van der Waals surface area contributed by atoms with E-state index in [1.807, 2.05) is 6.92 Å². The van der Waals surface area contributed by atoms with Gasteiger partial charge in [0.25, 0.3) is 11.7 Å². The van der Waals surface area contributed by atoms with E-state index in [2.05, 4.69) is 0 Å². The highest BCUT2D eigenvalue weighted by Crippen LogP contribution is 2.41. The van der Waals surface area contributed by atoms with Crippen molar-refractivity contribution in [2.24, 2.45) is 0 Å². The highest BCUT2D eigenvalue weighted by molar-refractivity contribution is 6.46. The predicted molar refractivity (Wildman–Crippen MR) is 116 cm³/mol. The zero-order valence-electron chi connectivity index (χ0n) is 17.0. The van der Waals surface area contributed by atoms with E-state index >= 15 is 0 Å². The van der Waals surface area contributed by atoms with E-state index in [1.54, 1.807) is 24.3 Å². The van der Waals surface area contributed by atoms with E-state index < -0.39 is 29.3 Å². The Morgan fingerprint density at radius 2 is 2.00 bits per heavy atom. The molecule has 0 spiro atoms. The third-order valence-corrected chi connectivity index (χ3v) is 5.41. The van der Waals surface area contributed by atoms with Gasteiger partial charge in [-0.3, -0.25) is 9.59 Å². The van der Waals surface area contributed by atoms with E-state index in [0.717, 1.165) is 0 Å². The fourth-order valence-corrected chi connectivity index (χ4v) is 3.95. The van der Waals surface area contributed by atoms with Crippen LogP contribution in [0.25, 0.3) is 5.76 Å². The summed E-state index contributed by atoms with van der Waals surface area (Å²) in [5.74, 6) is -1.79. The summed E-state index contributed by atoms with van der Waals surface area (Å²) in [7, 11) is 0. The monoisotopic (exact) mass is 455 g/mol. The Bertz CT molecular complexity index is 1200. The number of hydrogen-bond donors (Lipinski definition) is 1. The molecule has 164 valence electrons. The van der Waals surface area contributed by atoms with Gasteiger partial charge in [0.2, 0.25) is 0 Å². The quantitative estimate of drug-likeness (QED) is 0.318. The Balaban J connectivity index is 1.85. The molecule has 1 unspecified atom stereocenters. The number of Topliss-reactive ketones (excluding diaryl/α,β-unsaturated/α-hetero) is 1. The number of benzene rings is 2. The summed E-state index contributed by atoms with van der Waals surface area (Å²) in [4.78, 5) is 27.1. The summed E-state index contributed by atoms with van der Waals surface area (Å²) in [6, 6.07) is 12.4. The Labute approximate surface area is 188 Å². The van der Waals surface area contributed by atoms with Crippen molar-refractivity contribution >= 4 is 29.1 Å². The lowest BCUT2D eigenvalue weighted by molar-refractivity contribution is -0.140. The van der Waals surface area contributed by atoms with Crippen LogP contribution in [-0.2, 0) is 16.1 Å². The second-order valence-electron chi connectivity index (χ2n) is 7.14. The molecule has 0 radical (unpaired) electrons. The lowest BCUT2D eigenvalue weighted by atomic mass is 9.95. The summed E-state index contributed by atoms with van der Waals surface area (Å²) in [6.07, 6.45) is 1.45. The first-order valence-electron chi connectivity index (χ1n) is 9.89. The second-order valence-corrected chi connectivity index (χ2v) is 7.55. The van der Waals surface area contributed by atoms with Gasteiger partial charge < -0.3 is 19.2 Å². The number of ketones is 1. The molecule has 6 nitrogen and oxygen atoms in total. The SMILES string of the molecule is CCOc1ccc(/C(O)=C2/C(=O)C(=O)N(Cc3ccco3)C2c2cccc(F)c2)cc1Cl. The van der Waals surface area contributed by atoms with Crippen molar-refractivity contribution in [2.45, 2.75) is 19.5 Å². The third-order valence-electron chi connectivity index (χ3n) is 5.12. The number of furan rings is 1. The first kappa shape index (κ1) is 21.6. The van der Waals surface area contributed by atoms with E-state index in [9.17, 15) is 19.1 Å². The molecule has 1 fully saturated rings. The predicted octanol–water partition coefficient (Wildman–Crippen LogP) is 5.09. The van der Waals surface area contributed by atoms with Gasteiger partial charge in [0, 0.05) is 5.56 Å². The topological polar surface area (TPSA) is 80.0 Å². The molecule has 1 atom stereocenters. The number of halogens is 2. The van der Waals surface area contributed by atoms with Crippen LogP contribution in [-0.4, -0.2) is 28.3 Å². The molecule has 3 aromatic rings. The molecule has 1 N–H and O–H groups in total. The van der Waals surface area contributed by atoms with Gasteiger partial charge in [-0.2, -0.15) is 0 Å². The third kappa shape index (κ3) is 3.99. The number of aliphatic hydroxyl groups is 1. The number of ether oxygens (including phenoxy) is 1. The molecule has 8 heteroatoms. The van der Waals surface area contributed by atoms with Crippen LogP contribution in [0.2, 0.25) is 5.02 Å². The van der Waals surface area contributed by atoms with Gasteiger partial charge >= 0.3 is 0 Å². The summed E-state index contributed by atoms with van der Waals surface area (Å²) in [5, 5.41) is 11.3. The zero-order chi connectivity index (χ0) is 22.8. The van der Waals surface area contributed by atoms with Crippen molar-refractivity contribution in [1.82, 2.24) is 4.90 Å². The molecular weight excluding hydrogens is 437 g/mol. The number of likely N-dealkylation sites (tertiary alicyclic amines) is 1. The van der Waals surface area contributed by atoms with Crippen LogP contribution in [0.4, 0.5) is 4.39 Å². The molecule has 1 aliphatic rings. The highest BCUT2D eigenvalue weighted by Gasteiger charge is 2.46.